The SMILES string of the molecule is CC(C)n1cc(NC(=O)C2CC(=O)N(Cc3ccncc3)C2)cn1. The summed E-state index contributed by atoms with van der Waals surface area (Å²) >= 11 is 0. The van der Waals surface area contributed by atoms with Crippen molar-refractivity contribution in [1.29, 1.82) is 0 Å². The smallest absolute Gasteiger partial charge is 0.229 e. The van der Waals surface area contributed by atoms with Crippen LogP contribution >= 0.6 is 0 Å². The number of pyridine rings is 1. The molecule has 0 saturated carbocycles. The first-order chi connectivity index (χ1) is 11.5. The lowest BCUT2D eigenvalue weighted by molar-refractivity contribution is -0.128. The monoisotopic (exact) mass is 327 g/mol. The zero-order valence-corrected chi connectivity index (χ0v) is 13.8. The highest BCUT2D eigenvalue weighted by atomic mass is 16.2. The van der Waals surface area contributed by atoms with E-state index in [0.717, 1.165) is 5.56 Å². The fraction of sp³-hybridized carbons (Fsp3) is 0.412. The number of rotatable bonds is 5. The van der Waals surface area contributed by atoms with Gasteiger partial charge in [-0.25, -0.2) is 0 Å². The summed E-state index contributed by atoms with van der Waals surface area (Å²) in [6.07, 6.45) is 7.08. The van der Waals surface area contributed by atoms with Gasteiger partial charge in [0.15, 0.2) is 0 Å². The molecule has 126 valence electrons. The minimum Gasteiger partial charge on any atom is -0.338 e. The Balaban J connectivity index is 1.59. The Hall–Kier alpha value is -2.70. The van der Waals surface area contributed by atoms with Crippen molar-refractivity contribution in [2.24, 2.45) is 5.92 Å². The molecule has 7 nitrogen and oxygen atoms in total. The molecule has 2 aromatic rings. The number of likely N-dealkylation sites (tertiary alicyclic amines) is 1. The van der Waals surface area contributed by atoms with Crippen LogP contribution in [0, 0.1) is 5.92 Å². The molecule has 7 heteroatoms. The van der Waals surface area contributed by atoms with E-state index in [9.17, 15) is 9.59 Å². The van der Waals surface area contributed by atoms with E-state index in [1.807, 2.05) is 26.0 Å². The quantitative estimate of drug-likeness (QED) is 0.909. The first-order valence-corrected chi connectivity index (χ1v) is 8.04. The third-order valence-electron chi connectivity index (χ3n) is 4.11. The molecule has 1 N–H and O–H groups in total. The summed E-state index contributed by atoms with van der Waals surface area (Å²) in [5, 5.41) is 7.05. The Morgan fingerprint density at radius 3 is 2.79 bits per heavy atom. The predicted molar refractivity (Wildman–Crippen MR) is 89.0 cm³/mol. The molecular formula is C17H21N5O2. The number of carbonyl (C=O) groups excluding carboxylic acids is 2. The van der Waals surface area contributed by atoms with Crippen molar-refractivity contribution in [2.45, 2.75) is 32.9 Å². The highest BCUT2D eigenvalue weighted by molar-refractivity contribution is 5.97. The molecule has 3 rings (SSSR count). The van der Waals surface area contributed by atoms with Crippen LogP contribution in [0.3, 0.4) is 0 Å². The van der Waals surface area contributed by atoms with E-state index in [-0.39, 0.29) is 30.2 Å². The molecule has 1 aliphatic rings. The van der Waals surface area contributed by atoms with Crippen molar-refractivity contribution in [1.82, 2.24) is 19.7 Å². The molecule has 0 aromatic carbocycles. The van der Waals surface area contributed by atoms with E-state index in [1.165, 1.54) is 0 Å². The van der Waals surface area contributed by atoms with E-state index in [4.69, 9.17) is 0 Å². The van der Waals surface area contributed by atoms with Gasteiger partial charge in [-0.1, -0.05) is 0 Å². The van der Waals surface area contributed by atoms with Crippen LogP contribution in [0.2, 0.25) is 0 Å². The lowest BCUT2D eigenvalue weighted by atomic mass is 10.1. The van der Waals surface area contributed by atoms with Crippen LogP contribution in [0.5, 0.6) is 0 Å². The summed E-state index contributed by atoms with van der Waals surface area (Å²) in [5.74, 6) is -0.463. The fourth-order valence-electron chi connectivity index (χ4n) is 2.74. The van der Waals surface area contributed by atoms with Crippen LogP contribution < -0.4 is 5.32 Å². The topological polar surface area (TPSA) is 80.1 Å². The summed E-state index contributed by atoms with van der Waals surface area (Å²) in [5.41, 5.74) is 1.67. The second-order valence-electron chi connectivity index (χ2n) is 6.32. The van der Waals surface area contributed by atoms with Crippen LogP contribution in [0.1, 0.15) is 31.9 Å². The number of amides is 2. The van der Waals surface area contributed by atoms with Gasteiger partial charge in [0.2, 0.25) is 11.8 Å². The highest BCUT2D eigenvalue weighted by Crippen LogP contribution is 2.22. The first kappa shape index (κ1) is 16.2. The molecule has 0 radical (unpaired) electrons. The van der Waals surface area contributed by atoms with Crippen LogP contribution in [0.4, 0.5) is 5.69 Å². The van der Waals surface area contributed by atoms with E-state index in [2.05, 4.69) is 15.4 Å². The number of aromatic nitrogens is 3. The van der Waals surface area contributed by atoms with Crippen molar-refractivity contribution in [2.75, 3.05) is 11.9 Å². The first-order valence-electron chi connectivity index (χ1n) is 8.04. The molecule has 2 aromatic heterocycles. The molecule has 0 spiro atoms. The largest absolute Gasteiger partial charge is 0.338 e. The van der Waals surface area contributed by atoms with E-state index in [0.29, 0.717) is 18.8 Å². The van der Waals surface area contributed by atoms with Gasteiger partial charge in [-0.05, 0) is 31.5 Å². The summed E-state index contributed by atoms with van der Waals surface area (Å²) in [6.45, 7) is 4.98. The molecule has 24 heavy (non-hydrogen) atoms. The molecular weight excluding hydrogens is 306 g/mol. The third kappa shape index (κ3) is 3.61. The second kappa shape index (κ2) is 6.82. The average molecular weight is 327 g/mol. The minimum atomic E-state index is -0.332. The maximum atomic E-state index is 12.4. The molecule has 0 bridgehead atoms. The molecule has 1 unspecified atom stereocenters. The minimum absolute atomic E-state index is 0.00448. The lowest BCUT2D eigenvalue weighted by Gasteiger charge is -2.16. The Bertz CT molecular complexity index is 726. The molecule has 1 aliphatic heterocycles. The number of nitrogens with zero attached hydrogens (tertiary/aromatic N) is 4. The molecule has 1 fully saturated rings. The second-order valence-corrected chi connectivity index (χ2v) is 6.32. The van der Waals surface area contributed by atoms with Crippen molar-refractivity contribution in [3.05, 3.63) is 42.5 Å². The van der Waals surface area contributed by atoms with Gasteiger partial charge in [-0.2, -0.15) is 5.10 Å². The number of nitrogens with one attached hydrogen (secondary N) is 1. The Kier molecular flexibility index (Phi) is 4.59. The van der Waals surface area contributed by atoms with Crippen LogP contribution in [-0.4, -0.2) is 38.0 Å². The van der Waals surface area contributed by atoms with Gasteiger partial charge in [0, 0.05) is 44.1 Å². The zero-order chi connectivity index (χ0) is 17.1. The normalized spacial score (nSPS) is 17.5. The highest BCUT2D eigenvalue weighted by Gasteiger charge is 2.34. The maximum absolute atomic E-state index is 12.4. The van der Waals surface area contributed by atoms with Crippen molar-refractivity contribution in [3.63, 3.8) is 0 Å². The fourth-order valence-corrected chi connectivity index (χ4v) is 2.74. The summed E-state index contributed by atoms with van der Waals surface area (Å²) in [6, 6.07) is 3.99. The van der Waals surface area contributed by atoms with Gasteiger partial charge in [0.1, 0.15) is 0 Å². The molecule has 0 aliphatic carbocycles. The number of anilines is 1. The summed E-state index contributed by atoms with van der Waals surface area (Å²) in [4.78, 5) is 30.2. The van der Waals surface area contributed by atoms with Crippen molar-refractivity contribution >= 4 is 17.5 Å². The Morgan fingerprint density at radius 1 is 1.38 bits per heavy atom. The summed E-state index contributed by atoms with van der Waals surface area (Å²) in [7, 11) is 0. The van der Waals surface area contributed by atoms with Crippen molar-refractivity contribution < 1.29 is 9.59 Å². The lowest BCUT2D eigenvalue weighted by Crippen LogP contribution is -2.28. The average Bonchev–Trinajstić information content (AvgIpc) is 3.16. The Labute approximate surface area is 140 Å². The van der Waals surface area contributed by atoms with Gasteiger partial charge in [0.25, 0.3) is 0 Å². The van der Waals surface area contributed by atoms with Gasteiger partial charge in [-0.3, -0.25) is 19.3 Å². The van der Waals surface area contributed by atoms with Crippen LogP contribution in [0.25, 0.3) is 0 Å². The third-order valence-corrected chi connectivity index (χ3v) is 4.11. The van der Waals surface area contributed by atoms with Gasteiger partial charge >= 0.3 is 0 Å². The van der Waals surface area contributed by atoms with Gasteiger partial charge in [0.05, 0.1) is 17.8 Å². The van der Waals surface area contributed by atoms with Gasteiger partial charge in [-0.15, -0.1) is 0 Å². The van der Waals surface area contributed by atoms with E-state index < -0.39 is 0 Å². The number of carbonyl (C=O) groups is 2. The molecule has 3 heterocycles. The van der Waals surface area contributed by atoms with Gasteiger partial charge < -0.3 is 10.2 Å². The summed E-state index contributed by atoms with van der Waals surface area (Å²) < 4.78 is 1.78. The maximum Gasteiger partial charge on any atom is 0.229 e. The van der Waals surface area contributed by atoms with E-state index in [1.54, 1.807) is 34.4 Å². The Morgan fingerprint density at radius 2 is 2.12 bits per heavy atom. The van der Waals surface area contributed by atoms with Crippen LogP contribution in [0.15, 0.2) is 36.9 Å². The molecule has 2 amide bonds. The molecule has 1 atom stereocenters. The van der Waals surface area contributed by atoms with Crippen LogP contribution in [-0.2, 0) is 16.1 Å². The standard InChI is InChI=1S/C17H21N5O2/c1-12(2)22-11-15(8-19-22)20-17(24)14-7-16(23)21(10-14)9-13-3-5-18-6-4-13/h3-6,8,11-12,14H,7,9-10H2,1-2H3,(H,20,24). The van der Waals surface area contributed by atoms with Crippen molar-refractivity contribution in [3.8, 4) is 0 Å². The zero-order valence-electron chi connectivity index (χ0n) is 13.8. The number of hydrogen-bond donors (Lipinski definition) is 1. The van der Waals surface area contributed by atoms with E-state index >= 15 is 0 Å². The predicted octanol–water partition coefficient (Wildman–Crippen LogP) is 1.85. The molecule has 1 saturated heterocycles. The number of hydrogen-bond acceptors (Lipinski definition) is 4.